The number of aryl methyl sites for hydroxylation is 1. The number of rotatable bonds is 8. The molecule has 0 unspecified atom stereocenters. The third-order valence-corrected chi connectivity index (χ3v) is 7.18. The summed E-state index contributed by atoms with van der Waals surface area (Å²) in [6.45, 7) is 0. The molecule has 1 aliphatic rings. The Morgan fingerprint density at radius 1 is 1.05 bits per heavy atom. The molecule has 0 aliphatic heterocycles. The quantitative estimate of drug-likeness (QED) is 0.265. The summed E-state index contributed by atoms with van der Waals surface area (Å²) >= 11 is 0. The minimum absolute atomic E-state index is 0.0895. The second-order valence-corrected chi connectivity index (χ2v) is 10.2. The molecule has 208 valence electrons. The highest BCUT2D eigenvalue weighted by Gasteiger charge is 2.27. The van der Waals surface area contributed by atoms with Crippen molar-refractivity contribution < 1.29 is 13.9 Å². The topological polar surface area (TPSA) is 133 Å². The minimum Gasteiger partial charge on any atom is -0.424 e. The van der Waals surface area contributed by atoms with E-state index in [1.54, 1.807) is 34.2 Å². The van der Waals surface area contributed by atoms with Gasteiger partial charge in [-0.15, -0.1) is 0 Å². The van der Waals surface area contributed by atoms with E-state index in [0.29, 0.717) is 22.4 Å². The fourth-order valence-corrected chi connectivity index (χ4v) is 4.79. The van der Waals surface area contributed by atoms with Crippen molar-refractivity contribution in [3.63, 3.8) is 0 Å². The van der Waals surface area contributed by atoms with Crippen molar-refractivity contribution in [2.24, 2.45) is 7.05 Å². The largest absolute Gasteiger partial charge is 0.424 e. The Morgan fingerprint density at radius 2 is 1.83 bits per heavy atom. The number of nitrogens with zero attached hydrogens (tertiary/aromatic N) is 7. The van der Waals surface area contributed by atoms with Crippen LogP contribution in [0.3, 0.4) is 0 Å². The van der Waals surface area contributed by atoms with E-state index in [4.69, 9.17) is 4.74 Å². The van der Waals surface area contributed by atoms with Crippen molar-refractivity contribution in [3.05, 3.63) is 101 Å². The van der Waals surface area contributed by atoms with Crippen LogP contribution in [0.5, 0.6) is 11.8 Å². The number of ether oxygens (including phenoxy) is 1. The molecule has 42 heavy (non-hydrogen) atoms. The van der Waals surface area contributed by atoms with E-state index >= 15 is 0 Å². The van der Waals surface area contributed by atoms with Crippen molar-refractivity contribution in [2.75, 3.05) is 0 Å². The summed E-state index contributed by atoms with van der Waals surface area (Å²) in [7, 11) is 1.86. The molecule has 12 heteroatoms. The molecule has 4 aromatic heterocycles. The van der Waals surface area contributed by atoms with E-state index in [-0.39, 0.29) is 24.2 Å². The fraction of sp³-hybridized carbons (Fsp3) is 0.167. The zero-order chi connectivity index (χ0) is 28.8. The molecule has 0 radical (unpaired) electrons. The maximum absolute atomic E-state index is 13.5. The van der Waals surface area contributed by atoms with Crippen LogP contribution in [0.4, 0.5) is 4.39 Å². The highest BCUT2D eigenvalue weighted by atomic mass is 19.1. The Kier molecular flexibility index (Phi) is 6.15. The van der Waals surface area contributed by atoms with Gasteiger partial charge in [-0.2, -0.15) is 15.3 Å². The number of ketones is 1. The number of fused-ring (bicyclic) bond motifs is 1. The Balaban J connectivity index is 1.15. The summed E-state index contributed by atoms with van der Waals surface area (Å²) in [6.07, 6.45) is 11.5. The lowest BCUT2D eigenvalue weighted by molar-refractivity contribution is 0.0984. The second kappa shape index (κ2) is 10.1. The van der Waals surface area contributed by atoms with Gasteiger partial charge >= 0.3 is 6.01 Å². The number of H-pyrrole nitrogens is 1. The molecule has 4 heterocycles. The number of hydrogen-bond donors (Lipinski definition) is 1. The first kappa shape index (κ1) is 25.4. The average Bonchev–Trinajstić information content (AvgIpc) is 3.58. The van der Waals surface area contributed by atoms with Gasteiger partial charge < -0.3 is 4.74 Å². The van der Waals surface area contributed by atoms with Crippen molar-refractivity contribution in [3.8, 4) is 34.0 Å². The number of halogens is 1. The molecule has 6 aromatic rings. The number of nitrogens with one attached hydrogen (secondary N) is 1. The molecule has 1 N–H and O–H groups in total. The smallest absolute Gasteiger partial charge is 0.321 e. The van der Waals surface area contributed by atoms with Crippen molar-refractivity contribution in [1.82, 2.24) is 39.7 Å². The van der Waals surface area contributed by atoms with Crippen molar-refractivity contribution >= 4 is 16.7 Å². The number of aromatic amines is 1. The predicted molar refractivity (Wildman–Crippen MR) is 151 cm³/mol. The highest BCUT2D eigenvalue weighted by Crippen LogP contribution is 2.36. The number of carbonyl (C=O) groups excluding carboxylic acids is 1. The lowest BCUT2D eigenvalue weighted by atomic mass is 10.0. The Morgan fingerprint density at radius 3 is 2.55 bits per heavy atom. The zero-order valence-corrected chi connectivity index (χ0v) is 22.4. The molecule has 0 amide bonds. The van der Waals surface area contributed by atoms with Crippen LogP contribution in [0, 0.1) is 5.82 Å². The van der Waals surface area contributed by atoms with Gasteiger partial charge in [0.2, 0.25) is 5.43 Å². The monoisotopic (exact) mass is 562 g/mol. The Labute approximate surface area is 237 Å². The van der Waals surface area contributed by atoms with Gasteiger partial charge in [0.05, 0.1) is 24.0 Å². The van der Waals surface area contributed by atoms with Crippen molar-refractivity contribution in [2.45, 2.75) is 25.3 Å². The normalized spacial score (nSPS) is 13.0. The van der Waals surface area contributed by atoms with Gasteiger partial charge in [0.1, 0.15) is 11.6 Å². The summed E-state index contributed by atoms with van der Waals surface area (Å²) in [6, 6.07) is 9.65. The molecule has 0 atom stereocenters. The van der Waals surface area contributed by atoms with Crippen LogP contribution in [0.25, 0.3) is 33.2 Å². The van der Waals surface area contributed by atoms with Crippen LogP contribution in [-0.4, -0.2) is 45.5 Å². The molecule has 0 spiro atoms. The Hall–Kier alpha value is -5.52. The van der Waals surface area contributed by atoms with Gasteiger partial charge in [0.15, 0.2) is 11.5 Å². The zero-order valence-electron chi connectivity index (χ0n) is 22.4. The standard InChI is InChI=1S/C30H23FN8O3/c1-38-25-10-23(20-13-34-35-14-20)27(9-19(25)15-36-38)42-30-32-11-17(12-33-30)8-26(40)28-29(41)24(16-39(37-28)22-6-7-22)18-2-4-21(31)5-3-18/h2-5,9-16,22H,6-8H2,1H3,(H,34,35). The number of carbonyl (C=O) groups is 1. The number of aromatic nitrogens is 8. The first-order chi connectivity index (χ1) is 20.4. The SMILES string of the molecule is Cn1ncc2cc(Oc3ncc(CC(=O)c4nn(C5CC5)cc(-c5ccc(F)cc5)c4=O)cn3)c(-c3cn[nH]c3)cc21. The number of hydrogen-bond acceptors (Lipinski definition) is 8. The molecule has 7 rings (SSSR count). The van der Waals surface area contributed by atoms with E-state index < -0.39 is 17.0 Å². The van der Waals surface area contributed by atoms with E-state index in [9.17, 15) is 14.0 Å². The lowest BCUT2D eigenvalue weighted by Gasteiger charge is -2.11. The molecule has 11 nitrogen and oxygen atoms in total. The summed E-state index contributed by atoms with van der Waals surface area (Å²) in [5.41, 5.74) is 3.18. The number of Topliss-reactive ketones (excluding diaryl/α,β-unsaturated/α-hetero) is 1. The summed E-state index contributed by atoms with van der Waals surface area (Å²) in [4.78, 5) is 35.2. The molecule has 1 aliphatic carbocycles. The summed E-state index contributed by atoms with van der Waals surface area (Å²) in [5.74, 6) is -0.350. The first-order valence-corrected chi connectivity index (χ1v) is 13.3. The van der Waals surface area contributed by atoms with E-state index in [1.165, 1.54) is 36.7 Å². The van der Waals surface area contributed by atoms with Crippen LogP contribution < -0.4 is 10.2 Å². The van der Waals surface area contributed by atoms with Gasteiger partial charge in [0.25, 0.3) is 0 Å². The summed E-state index contributed by atoms with van der Waals surface area (Å²) in [5, 5.41) is 16.4. The average molecular weight is 563 g/mol. The van der Waals surface area contributed by atoms with Crippen LogP contribution in [-0.2, 0) is 13.5 Å². The fourth-order valence-electron chi connectivity index (χ4n) is 4.79. The maximum atomic E-state index is 13.5. The summed E-state index contributed by atoms with van der Waals surface area (Å²) < 4.78 is 23.0. The van der Waals surface area contributed by atoms with Crippen LogP contribution in [0.15, 0.2) is 78.4 Å². The second-order valence-electron chi connectivity index (χ2n) is 10.2. The van der Waals surface area contributed by atoms with Gasteiger partial charge in [-0.05, 0) is 48.2 Å². The third-order valence-electron chi connectivity index (χ3n) is 7.18. The maximum Gasteiger partial charge on any atom is 0.321 e. The molecule has 1 fully saturated rings. The van der Waals surface area contributed by atoms with Crippen LogP contribution >= 0.6 is 0 Å². The minimum atomic E-state index is -0.498. The molecule has 0 bridgehead atoms. The molecular formula is C30H23FN8O3. The van der Waals surface area contributed by atoms with Gasteiger partial charge in [-0.25, -0.2) is 14.4 Å². The van der Waals surface area contributed by atoms with E-state index in [1.807, 2.05) is 19.2 Å². The lowest BCUT2D eigenvalue weighted by Crippen LogP contribution is -2.24. The number of benzene rings is 2. The van der Waals surface area contributed by atoms with Gasteiger partial charge in [-0.3, -0.25) is 24.1 Å². The van der Waals surface area contributed by atoms with Gasteiger partial charge in [-0.1, -0.05) is 12.1 Å². The highest BCUT2D eigenvalue weighted by molar-refractivity contribution is 5.96. The first-order valence-electron chi connectivity index (χ1n) is 13.3. The van der Waals surface area contributed by atoms with Crippen molar-refractivity contribution in [1.29, 1.82) is 0 Å². The van der Waals surface area contributed by atoms with Gasteiger partial charge in [0, 0.05) is 60.3 Å². The van der Waals surface area contributed by atoms with Crippen LogP contribution in [0.1, 0.15) is 34.9 Å². The predicted octanol–water partition coefficient (Wildman–Crippen LogP) is 4.67. The third kappa shape index (κ3) is 4.83. The Bertz CT molecular complexity index is 1990. The molecule has 0 saturated heterocycles. The van der Waals surface area contributed by atoms with Crippen LogP contribution in [0.2, 0.25) is 0 Å². The molecule has 2 aromatic carbocycles. The van der Waals surface area contributed by atoms with E-state index in [0.717, 1.165) is 34.9 Å². The van der Waals surface area contributed by atoms with E-state index in [2.05, 4.69) is 30.4 Å². The molecular weight excluding hydrogens is 539 g/mol. The molecule has 1 saturated carbocycles.